The number of benzene rings is 2. The van der Waals surface area contributed by atoms with Gasteiger partial charge in [-0.1, -0.05) is 7.43 Å². The molecule has 0 bridgehead atoms. The summed E-state index contributed by atoms with van der Waals surface area (Å²) in [5, 5.41) is 6.34. The summed E-state index contributed by atoms with van der Waals surface area (Å²) in [4.78, 5) is 24.1. The quantitative estimate of drug-likeness (QED) is 0.328. The van der Waals surface area contributed by atoms with E-state index in [0.29, 0.717) is 47.8 Å². The highest BCUT2D eigenvalue weighted by Crippen LogP contribution is 2.33. The maximum absolute atomic E-state index is 12.7. The van der Waals surface area contributed by atoms with Gasteiger partial charge in [0.15, 0.2) is 11.5 Å². The molecule has 1 aliphatic heterocycles. The number of nitrogens with zero attached hydrogens (tertiary/aromatic N) is 4. The highest BCUT2D eigenvalue weighted by molar-refractivity contribution is 5.94. The Hall–Kier alpha value is -4.35. The van der Waals surface area contributed by atoms with Crippen LogP contribution < -0.4 is 24.8 Å². The molecule has 1 saturated heterocycles. The number of carbonyl (C=O) groups is 1. The van der Waals surface area contributed by atoms with Gasteiger partial charge in [0.05, 0.1) is 52.5 Å². The van der Waals surface area contributed by atoms with Gasteiger partial charge in [-0.25, -0.2) is 9.97 Å². The predicted octanol–water partition coefficient (Wildman–Crippen LogP) is 4.07. The number of rotatable bonds is 9. The maximum atomic E-state index is 12.7. The topological polar surface area (TPSA) is 111 Å². The van der Waals surface area contributed by atoms with Gasteiger partial charge in [-0.05, 0) is 36.4 Å². The minimum Gasteiger partial charge on any atom is -0.495 e. The third-order valence-electron chi connectivity index (χ3n) is 6.27. The maximum Gasteiger partial charge on any atom is 0.238 e. The zero-order chi connectivity index (χ0) is 26.5. The number of hydrogen-bond donors (Lipinski definition) is 2. The van der Waals surface area contributed by atoms with E-state index in [1.807, 2.05) is 47.0 Å². The Labute approximate surface area is 227 Å². The van der Waals surface area contributed by atoms with E-state index in [1.54, 1.807) is 33.6 Å². The van der Waals surface area contributed by atoms with Crippen LogP contribution in [-0.2, 0) is 9.53 Å². The fourth-order valence-corrected chi connectivity index (χ4v) is 4.32. The van der Waals surface area contributed by atoms with E-state index >= 15 is 0 Å². The fourth-order valence-electron chi connectivity index (χ4n) is 4.32. The number of amides is 1. The van der Waals surface area contributed by atoms with E-state index in [-0.39, 0.29) is 19.9 Å². The van der Waals surface area contributed by atoms with Gasteiger partial charge in [-0.15, -0.1) is 0 Å². The van der Waals surface area contributed by atoms with E-state index in [9.17, 15) is 4.79 Å². The summed E-state index contributed by atoms with van der Waals surface area (Å²) in [5.74, 6) is 2.24. The number of carbonyl (C=O) groups excluding carboxylic acids is 1. The van der Waals surface area contributed by atoms with Crippen LogP contribution in [0.3, 0.4) is 0 Å². The van der Waals surface area contributed by atoms with Crippen LogP contribution >= 0.6 is 0 Å². The molecule has 0 atom stereocenters. The molecule has 5 rings (SSSR count). The van der Waals surface area contributed by atoms with Crippen LogP contribution in [0.15, 0.2) is 54.9 Å². The Bertz CT molecular complexity index is 1430. The van der Waals surface area contributed by atoms with Crippen molar-refractivity contribution in [2.24, 2.45) is 0 Å². The van der Waals surface area contributed by atoms with Crippen molar-refractivity contribution >= 4 is 28.9 Å². The number of morpholine rings is 1. The average molecular weight is 535 g/mol. The third-order valence-corrected chi connectivity index (χ3v) is 6.27. The number of aromatic nitrogens is 3. The first-order valence-corrected chi connectivity index (χ1v) is 12.2. The Balaban J connectivity index is 0.00000353. The lowest BCUT2D eigenvalue weighted by atomic mass is 10.1. The molecule has 1 aliphatic rings. The Kier molecular flexibility index (Phi) is 8.84. The fraction of sp³-hybridized carbons (Fsp3) is 0.321. The van der Waals surface area contributed by atoms with E-state index < -0.39 is 0 Å². The average Bonchev–Trinajstić information content (AvgIpc) is 3.42. The molecule has 0 saturated carbocycles. The van der Waals surface area contributed by atoms with Gasteiger partial charge in [-0.3, -0.25) is 14.1 Å². The molecule has 11 heteroatoms. The van der Waals surface area contributed by atoms with Gasteiger partial charge in [0, 0.05) is 42.8 Å². The molecule has 2 aromatic carbocycles. The molecule has 0 spiro atoms. The van der Waals surface area contributed by atoms with Crippen LogP contribution in [0, 0.1) is 0 Å². The van der Waals surface area contributed by atoms with E-state index in [4.69, 9.17) is 23.9 Å². The lowest BCUT2D eigenvalue weighted by Crippen LogP contribution is -2.41. The summed E-state index contributed by atoms with van der Waals surface area (Å²) in [7, 11) is 4.77. The van der Waals surface area contributed by atoms with E-state index in [2.05, 4.69) is 20.5 Å². The van der Waals surface area contributed by atoms with Gasteiger partial charge >= 0.3 is 0 Å². The zero-order valence-corrected chi connectivity index (χ0v) is 21.6. The van der Waals surface area contributed by atoms with Crippen LogP contribution in [0.25, 0.3) is 16.9 Å². The molecule has 11 nitrogen and oxygen atoms in total. The van der Waals surface area contributed by atoms with Crippen LogP contribution in [0.5, 0.6) is 17.2 Å². The van der Waals surface area contributed by atoms with Crippen molar-refractivity contribution in [2.75, 3.05) is 64.8 Å². The minimum absolute atomic E-state index is 0. The Morgan fingerprint density at radius 2 is 1.72 bits per heavy atom. The number of nitrogens with one attached hydrogen (secondary N) is 2. The van der Waals surface area contributed by atoms with Crippen molar-refractivity contribution < 1.29 is 23.7 Å². The van der Waals surface area contributed by atoms with Crippen molar-refractivity contribution in [3.8, 4) is 28.5 Å². The van der Waals surface area contributed by atoms with Crippen molar-refractivity contribution in [1.82, 2.24) is 19.3 Å². The molecular weight excluding hydrogens is 500 g/mol. The molecule has 206 valence electrons. The number of methoxy groups -OCH3 is 3. The highest BCUT2D eigenvalue weighted by Gasteiger charge is 2.17. The van der Waals surface area contributed by atoms with Crippen LogP contribution in [0.2, 0.25) is 0 Å². The first-order valence-electron chi connectivity index (χ1n) is 12.2. The van der Waals surface area contributed by atoms with Crippen molar-refractivity contribution in [3.63, 3.8) is 0 Å². The smallest absolute Gasteiger partial charge is 0.238 e. The van der Waals surface area contributed by atoms with Gasteiger partial charge in [0.25, 0.3) is 0 Å². The lowest BCUT2D eigenvalue weighted by molar-refractivity contribution is -0.118. The molecule has 2 aromatic heterocycles. The van der Waals surface area contributed by atoms with E-state index in [1.165, 1.54) is 0 Å². The largest absolute Gasteiger partial charge is 0.495 e. The summed E-state index contributed by atoms with van der Waals surface area (Å²) in [6.45, 7) is 3.02. The minimum atomic E-state index is -0.118. The summed E-state index contributed by atoms with van der Waals surface area (Å²) in [5.41, 5.74) is 3.56. The molecule has 0 aliphatic carbocycles. The molecule has 3 heterocycles. The second kappa shape index (κ2) is 12.5. The standard InChI is InChI=1S/C27H30N6O5.CH4/c1-35-22-7-5-19(15-21(22)30-26(34)17-32-10-12-38-13-11-32)29-27-31-20(16-25-28-8-9-33(25)27)18-4-6-23(36-2)24(14-18)37-3;/h4-9,14-16H,10-13,17H2,1-3H3,(H,29,31)(H,30,34);1H4. The third kappa shape index (κ3) is 6.21. The van der Waals surface area contributed by atoms with Crippen LogP contribution in [0.1, 0.15) is 7.43 Å². The summed E-state index contributed by atoms with van der Waals surface area (Å²) in [6, 6.07) is 13.0. The SMILES string of the molecule is C.COc1ccc(Nc2nc(-c3ccc(OC)c(OC)c3)cc3nccn23)cc1NC(=O)CN1CCOCC1. The monoisotopic (exact) mass is 534 g/mol. The highest BCUT2D eigenvalue weighted by atomic mass is 16.5. The lowest BCUT2D eigenvalue weighted by Gasteiger charge is -2.26. The van der Waals surface area contributed by atoms with Gasteiger partial charge in [-0.2, -0.15) is 0 Å². The van der Waals surface area contributed by atoms with Crippen LogP contribution in [-0.4, -0.2) is 79.4 Å². The first-order chi connectivity index (χ1) is 18.6. The number of anilines is 3. The number of hydrogen-bond acceptors (Lipinski definition) is 9. The summed E-state index contributed by atoms with van der Waals surface area (Å²) in [6.07, 6.45) is 3.55. The molecule has 1 amide bonds. The number of imidazole rings is 1. The Morgan fingerprint density at radius 1 is 0.974 bits per heavy atom. The zero-order valence-electron chi connectivity index (χ0n) is 21.6. The molecule has 0 radical (unpaired) electrons. The van der Waals surface area contributed by atoms with Gasteiger partial charge in [0.1, 0.15) is 11.4 Å². The van der Waals surface area contributed by atoms with E-state index in [0.717, 1.165) is 30.0 Å². The Morgan fingerprint density at radius 3 is 2.46 bits per heavy atom. The summed E-state index contributed by atoms with van der Waals surface area (Å²) >= 11 is 0. The molecule has 2 N–H and O–H groups in total. The summed E-state index contributed by atoms with van der Waals surface area (Å²) < 4.78 is 23.5. The number of ether oxygens (including phenoxy) is 4. The van der Waals surface area contributed by atoms with Crippen molar-refractivity contribution in [3.05, 3.63) is 54.9 Å². The first kappa shape index (κ1) is 27.7. The van der Waals surface area contributed by atoms with Crippen molar-refractivity contribution in [1.29, 1.82) is 0 Å². The second-order valence-electron chi connectivity index (χ2n) is 8.67. The van der Waals surface area contributed by atoms with Crippen molar-refractivity contribution in [2.45, 2.75) is 7.43 Å². The normalized spacial score (nSPS) is 13.4. The molecule has 4 aromatic rings. The molecular formula is C28H34N6O5. The molecule has 0 unspecified atom stereocenters. The second-order valence-corrected chi connectivity index (χ2v) is 8.67. The molecule has 1 fully saturated rings. The van der Waals surface area contributed by atoms with Crippen LogP contribution in [0.4, 0.5) is 17.3 Å². The van der Waals surface area contributed by atoms with Gasteiger partial charge in [0.2, 0.25) is 11.9 Å². The van der Waals surface area contributed by atoms with Gasteiger partial charge < -0.3 is 29.6 Å². The predicted molar refractivity (Wildman–Crippen MR) is 150 cm³/mol. The number of fused-ring (bicyclic) bond motifs is 1. The molecule has 39 heavy (non-hydrogen) atoms.